The second-order valence-electron chi connectivity index (χ2n) is 6.93. The Morgan fingerprint density at radius 1 is 1.38 bits per heavy atom. The molecule has 3 rings (SSSR count). The van der Waals surface area contributed by atoms with Crippen molar-refractivity contribution >= 4 is 23.2 Å². The van der Waals surface area contributed by atoms with Gasteiger partial charge in [0.1, 0.15) is 9.88 Å². The first-order valence-electron chi connectivity index (χ1n) is 8.93. The van der Waals surface area contributed by atoms with Crippen LogP contribution in [0.25, 0.3) is 10.6 Å². The van der Waals surface area contributed by atoms with Crippen molar-refractivity contribution in [1.29, 1.82) is 0 Å². The van der Waals surface area contributed by atoms with Crippen LogP contribution in [-0.4, -0.2) is 45.8 Å². The van der Waals surface area contributed by atoms with Crippen LogP contribution < -0.4 is 5.32 Å². The molecule has 1 aliphatic heterocycles. The lowest BCUT2D eigenvalue weighted by molar-refractivity contribution is -0.126. The van der Waals surface area contributed by atoms with Crippen LogP contribution in [0.4, 0.5) is 0 Å². The molecule has 2 amide bonds. The van der Waals surface area contributed by atoms with Gasteiger partial charge in [0.15, 0.2) is 0 Å². The van der Waals surface area contributed by atoms with E-state index in [2.05, 4.69) is 15.3 Å². The van der Waals surface area contributed by atoms with Gasteiger partial charge in [-0.1, -0.05) is 0 Å². The summed E-state index contributed by atoms with van der Waals surface area (Å²) in [6.07, 6.45) is 5.13. The Kier molecular flexibility index (Phi) is 5.66. The van der Waals surface area contributed by atoms with Crippen LogP contribution in [-0.2, 0) is 4.79 Å². The van der Waals surface area contributed by atoms with E-state index in [0.717, 1.165) is 29.1 Å². The quantitative estimate of drug-likeness (QED) is 0.895. The molecule has 1 fully saturated rings. The Morgan fingerprint density at radius 3 is 2.88 bits per heavy atom. The molecule has 0 bridgehead atoms. The van der Waals surface area contributed by atoms with E-state index in [1.807, 2.05) is 32.9 Å². The number of likely N-dealkylation sites (tertiary alicyclic amines) is 1. The number of aromatic nitrogens is 2. The minimum atomic E-state index is -0.138. The summed E-state index contributed by atoms with van der Waals surface area (Å²) in [5.74, 6) is -0.132. The van der Waals surface area contributed by atoms with E-state index < -0.39 is 0 Å². The molecule has 26 heavy (non-hydrogen) atoms. The molecule has 1 N–H and O–H groups in total. The summed E-state index contributed by atoms with van der Waals surface area (Å²) >= 11 is 1.39. The van der Waals surface area contributed by atoms with Crippen molar-refractivity contribution in [2.75, 3.05) is 13.1 Å². The number of thiazole rings is 1. The fourth-order valence-corrected chi connectivity index (χ4v) is 4.15. The van der Waals surface area contributed by atoms with Crippen molar-refractivity contribution in [3.63, 3.8) is 0 Å². The maximum Gasteiger partial charge on any atom is 0.265 e. The molecular weight excluding hydrogens is 348 g/mol. The average molecular weight is 372 g/mol. The number of nitrogens with zero attached hydrogens (tertiary/aromatic N) is 3. The third-order valence-corrected chi connectivity index (χ3v) is 5.60. The molecule has 2 aromatic heterocycles. The van der Waals surface area contributed by atoms with Gasteiger partial charge in [-0.05, 0) is 45.7 Å². The zero-order valence-electron chi connectivity index (χ0n) is 15.4. The van der Waals surface area contributed by atoms with Gasteiger partial charge in [0, 0.05) is 37.1 Å². The summed E-state index contributed by atoms with van der Waals surface area (Å²) in [6.45, 7) is 6.91. The maximum atomic E-state index is 13.0. The highest BCUT2D eigenvalue weighted by Gasteiger charge is 2.30. The summed E-state index contributed by atoms with van der Waals surface area (Å²) in [6, 6.07) is 3.90. The lowest BCUT2D eigenvalue weighted by Gasteiger charge is -2.32. The molecule has 138 valence electrons. The van der Waals surface area contributed by atoms with Gasteiger partial charge in [0.2, 0.25) is 5.91 Å². The van der Waals surface area contributed by atoms with Gasteiger partial charge in [0.05, 0.1) is 11.6 Å². The molecule has 0 aliphatic carbocycles. The van der Waals surface area contributed by atoms with Gasteiger partial charge >= 0.3 is 0 Å². The fraction of sp³-hybridized carbons (Fsp3) is 0.474. The predicted molar refractivity (Wildman–Crippen MR) is 102 cm³/mol. The number of hydrogen-bond donors (Lipinski definition) is 1. The standard InChI is InChI=1S/C19H24N4O2S/c1-12(2)21-17(24)15-7-5-9-23(11-15)19(25)16-13(3)22-18(26-16)14-6-4-8-20-10-14/h4,6,8,10,12,15H,5,7,9,11H2,1-3H3,(H,21,24). The van der Waals surface area contributed by atoms with Gasteiger partial charge in [0.25, 0.3) is 5.91 Å². The highest BCUT2D eigenvalue weighted by Crippen LogP contribution is 2.29. The molecule has 1 aliphatic rings. The van der Waals surface area contributed by atoms with Gasteiger partial charge in [-0.3, -0.25) is 14.6 Å². The summed E-state index contributed by atoms with van der Waals surface area (Å²) in [5.41, 5.74) is 1.64. The molecule has 3 heterocycles. The summed E-state index contributed by atoms with van der Waals surface area (Å²) < 4.78 is 0. The molecule has 7 heteroatoms. The predicted octanol–water partition coefficient (Wildman–Crippen LogP) is 2.89. The first-order valence-corrected chi connectivity index (χ1v) is 9.75. The highest BCUT2D eigenvalue weighted by molar-refractivity contribution is 7.17. The molecule has 6 nitrogen and oxygen atoms in total. The van der Waals surface area contributed by atoms with Crippen molar-refractivity contribution in [2.45, 2.75) is 39.7 Å². The van der Waals surface area contributed by atoms with Crippen molar-refractivity contribution in [1.82, 2.24) is 20.2 Å². The third kappa shape index (κ3) is 4.09. The molecule has 0 aromatic carbocycles. The van der Waals surface area contributed by atoms with Crippen LogP contribution in [0.5, 0.6) is 0 Å². The monoisotopic (exact) mass is 372 g/mol. The minimum Gasteiger partial charge on any atom is -0.354 e. The molecular formula is C19H24N4O2S. The van der Waals surface area contributed by atoms with Crippen LogP contribution in [0.15, 0.2) is 24.5 Å². The summed E-state index contributed by atoms with van der Waals surface area (Å²) in [4.78, 5) is 36.4. The van der Waals surface area contributed by atoms with E-state index in [0.29, 0.717) is 18.0 Å². The van der Waals surface area contributed by atoms with Gasteiger partial charge in [-0.25, -0.2) is 4.98 Å². The highest BCUT2D eigenvalue weighted by atomic mass is 32.1. The lowest BCUT2D eigenvalue weighted by atomic mass is 9.96. The van der Waals surface area contributed by atoms with E-state index in [9.17, 15) is 9.59 Å². The number of amides is 2. The molecule has 1 atom stereocenters. The third-order valence-electron chi connectivity index (χ3n) is 4.41. The topological polar surface area (TPSA) is 75.2 Å². The minimum absolute atomic E-state index is 0.0304. The maximum absolute atomic E-state index is 13.0. The fourth-order valence-electron chi connectivity index (χ4n) is 3.13. The lowest BCUT2D eigenvalue weighted by Crippen LogP contribution is -2.46. The van der Waals surface area contributed by atoms with Crippen LogP contribution >= 0.6 is 11.3 Å². The second kappa shape index (κ2) is 7.95. The largest absolute Gasteiger partial charge is 0.354 e. The molecule has 0 saturated carbocycles. The number of aryl methyl sites for hydroxylation is 1. The molecule has 1 unspecified atom stereocenters. The van der Waals surface area contributed by atoms with E-state index in [-0.39, 0.29) is 23.8 Å². The summed E-state index contributed by atoms with van der Waals surface area (Å²) in [5, 5.41) is 3.75. The molecule has 2 aromatic rings. The van der Waals surface area contributed by atoms with E-state index in [1.54, 1.807) is 17.3 Å². The van der Waals surface area contributed by atoms with Crippen molar-refractivity contribution < 1.29 is 9.59 Å². The SMILES string of the molecule is Cc1nc(-c2cccnc2)sc1C(=O)N1CCCC(C(=O)NC(C)C)C1. The van der Waals surface area contributed by atoms with Crippen molar-refractivity contribution in [2.24, 2.45) is 5.92 Å². The van der Waals surface area contributed by atoms with Crippen molar-refractivity contribution in [3.8, 4) is 10.6 Å². The zero-order valence-corrected chi connectivity index (χ0v) is 16.2. The van der Waals surface area contributed by atoms with E-state index in [1.165, 1.54) is 11.3 Å². The number of carbonyl (C=O) groups is 2. The molecule has 0 spiro atoms. The Bertz CT molecular complexity index is 788. The van der Waals surface area contributed by atoms with Crippen LogP contribution in [0.3, 0.4) is 0 Å². The van der Waals surface area contributed by atoms with Crippen LogP contribution in [0.2, 0.25) is 0 Å². The number of hydrogen-bond acceptors (Lipinski definition) is 5. The Balaban J connectivity index is 1.75. The number of pyridine rings is 1. The average Bonchev–Trinajstić information content (AvgIpc) is 3.03. The number of nitrogens with one attached hydrogen (secondary N) is 1. The summed E-state index contributed by atoms with van der Waals surface area (Å²) in [7, 11) is 0. The zero-order chi connectivity index (χ0) is 18.7. The number of piperidine rings is 1. The second-order valence-corrected chi connectivity index (χ2v) is 7.93. The van der Waals surface area contributed by atoms with Crippen LogP contribution in [0, 0.1) is 12.8 Å². The number of carbonyl (C=O) groups excluding carboxylic acids is 2. The van der Waals surface area contributed by atoms with Gasteiger partial charge in [-0.2, -0.15) is 0 Å². The number of rotatable bonds is 4. The first kappa shape index (κ1) is 18.5. The van der Waals surface area contributed by atoms with Crippen LogP contribution in [0.1, 0.15) is 42.1 Å². The first-order chi connectivity index (χ1) is 12.5. The van der Waals surface area contributed by atoms with E-state index in [4.69, 9.17) is 0 Å². The van der Waals surface area contributed by atoms with Crippen molar-refractivity contribution in [3.05, 3.63) is 35.1 Å². The van der Waals surface area contributed by atoms with Gasteiger partial charge in [-0.15, -0.1) is 11.3 Å². The Hall–Kier alpha value is -2.28. The molecule has 0 radical (unpaired) electrons. The molecule has 1 saturated heterocycles. The van der Waals surface area contributed by atoms with Gasteiger partial charge < -0.3 is 10.2 Å². The Labute approximate surface area is 157 Å². The van der Waals surface area contributed by atoms with E-state index >= 15 is 0 Å². The Morgan fingerprint density at radius 2 is 2.19 bits per heavy atom. The smallest absolute Gasteiger partial charge is 0.265 e. The normalized spacial score (nSPS) is 17.4.